The smallest absolute Gasteiger partial charge is 0.103 e. The maximum Gasteiger partial charge on any atom is 0.103 e. The lowest BCUT2D eigenvalue weighted by Crippen LogP contribution is -2.47. The number of pyridine rings is 1. The lowest BCUT2D eigenvalue weighted by Gasteiger charge is -2.36. The van der Waals surface area contributed by atoms with E-state index in [4.69, 9.17) is 4.98 Å². The van der Waals surface area contributed by atoms with Gasteiger partial charge in [-0.1, -0.05) is 119 Å². The van der Waals surface area contributed by atoms with Gasteiger partial charge in [-0.3, -0.25) is 4.90 Å². The van der Waals surface area contributed by atoms with E-state index in [1.165, 1.54) is 11.1 Å². The van der Waals surface area contributed by atoms with Gasteiger partial charge in [0, 0.05) is 42.3 Å². The average molecular weight is 665 g/mol. The first-order valence-corrected chi connectivity index (χ1v) is 17.8. The summed E-state index contributed by atoms with van der Waals surface area (Å²) in [5, 5.41) is 8.76. The van der Waals surface area contributed by atoms with E-state index in [-0.39, 0.29) is 12.1 Å². The Morgan fingerprint density at radius 1 is 0.820 bits per heavy atom. The number of nitrogens with zero attached hydrogens (tertiary/aromatic N) is 3. The Balaban J connectivity index is 1.44. The summed E-state index contributed by atoms with van der Waals surface area (Å²) in [4.78, 5) is 15.2. The van der Waals surface area contributed by atoms with E-state index in [1.54, 1.807) is 6.33 Å². The van der Waals surface area contributed by atoms with Crippen molar-refractivity contribution < 1.29 is 0 Å². The number of rotatable bonds is 18. The summed E-state index contributed by atoms with van der Waals surface area (Å²) in [5.41, 5.74) is 13.4. The highest BCUT2D eigenvalue weighted by Crippen LogP contribution is 2.25. The zero-order chi connectivity index (χ0) is 35.3. The first kappa shape index (κ1) is 36.2. The normalized spacial score (nSPS) is 13.6. The molecule has 0 aliphatic carbocycles. The minimum atomic E-state index is -0.226. The second kappa shape index (κ2) is 18.0. The molecule has 4 atom stereocenters. The van der Waals surface area contributed by atoms with Crippen molar-refractivity contribution in [1.82, 2.24) is 30.5 Å². The molecule has 0 amide bonds. The summed E-state index contributed by atoms with van der Waals surface area (Å²) in [6.45, 7) is 19.5. The highest BCUT2D eigenvalue weighted by atomic mass is 15.2. The lowest BCUT2D eigenvalue weighted by atomic mass is 9.92. The van der Waals surface area contributed by atoms with Crippen molar-refractivity contribution >= 4 is 16.6 Å². The van der Waals surface area contributed by atoms with Crippen molar-refractivity contribution in [3.8, 4) is 0 Å². The number of nitrogens with one attached hydrogen (secondary N) is 3. The van der Waals surface area contributed by atoms with E-state index in [0.29, 0.717) is 24.3 Å². The van der Waals surface area contributed by atoms with E-state index in [1.807, 2.05) is 30.5 Å². The lowest BCUT2D eigenvalue weighted by molar-refractivity contribution is 0.157. The van der Waals surface area contributed by atoms with Crippen LogP contribution in [0.2, 0.25) is 0 Å². The second-order valence-electron chi connectivity index (χ2n) is 13.7. The van der Waals surface area contributed by atoms with E-state index < -0.39 is 0 Å². The molecule has 0 saturated carbocycles. The number of fused-ring (bicyclic) bond motifs is 1. The molecule has 6 heteroatoms. The van der Waals surface area contributed by atoms with E-state index in [0.717, 1.165) is 59.6 Å². The number of aromatic amines is 1. The fourth-order valence-electron chi connectivity index (χ4n) is 6.48. The standard InChI is InChI=1S/C44H52N6/c1-7-39(42-24-23-37-21-15-16-22-41(37)49-42)48-44(28-38-29-45-31-46-38)40(8-2)47-43(27-35-17-11-9-12-18-35)33(5)30-50(26-25-32(3)4)34(6)36-19-13-10-14-20-36/h9-24,29,31-34,43-44,47-48H,1-2,25-28,30H2,3-6H3,(H,45,46)/t33-,34-,43+,44+/m1/s1. The molecule has 5 rings (SSSR count). The van der Waals surface area contributed by atoms with Crippen LogP contribution in [0.3, 0.4) is 0 Å². The second-order valence-corrected chi connectivity index (χ2v) is 13.7. The van der Waals surface area contributed by atoms with Gasteiger partial charge >= 0.3 is 0 Å². The molecule has 0 bridgehead atoms. The van der Waals surface area contributed by atoms with Crippen LogP contribution in [-0.2, 0) is 12.8 Å². The van der Waals surface area contributed by atoms with Crippen LogP contribution in [0.4, 0.5) is 0 Å². The third-order valence-corrected chi connectivity index (χ3v) is 9.54. The number of aromatic nitrogens is 3. The molecule has 3 aromatic carbocycles. The first-order valence-electron chi connectivity index (χ1n) is 17.8. The van der Waals surface area contributed by atoms with Crippen LogP contribution in [0.1, 0.15) is 62.7 Å². The van der Waals surface area contributed by atoms with Gasteiger partial charge in [-0.05, 0) is 61.4 Å². The monoisotopic (exact) mass is 664 g/mol. The maximum absolute atomic E-state index is 4.94. The fourth-order valence-corrected chi connectivity index (χ4v) is 6.48. The van der Waals surface area contributed by atoms with Crippen molar-refractivity contribution in [1.29, 1.82) is 0 Å². The number of hydrogen-bond donors (Lipinski definition) is 3. The minimum absolute atomic E-state index is 0.104. The van der Waals surface area contributed by atoms with Crippen molar-refractivity contribution in [2.24, 2.45) is 11.8 Å². The number of hydrogen-bond acceptors (Lipinski definition) is 5. The van der Waals surface area contributed by atoms with Gasteiger partial charge in [0.2, 0.25) is 0 Å². The van der Waals surface area contributed by atoms with Crippen molar-refractivity contribution in [2.45, 2.75) is 65.1 Å². The summed E-state index contributed by atoms with van der Waals surface area (Å²) in [5.74, 6) is 0.920. The molecule has 0 saturated heterocycles. The van der Waals surface area contributed by atoms with Gasteiger partial charge in [-0.25, -0.2) is 9.97 Å². The van der Waals surface area contributed by atoms with Gasteiger partial charge in [0.1, 0.15) is 5.70 Å². The SMILES string of the molecule is C=C=C(N[C@@H](Cc1cnc[nH]1)C(=C=C)N[C@@H](Cc1ccccc1)[C@H](C)CN(CCC(C)C)[C@H](C)c1ccccc1)c1ccc2ccccc2n1. The Morgan fingerprint density at radius 2 is 1.54 bits per heavy atom. The zero-order valence-corrected chi connectivity index (χ0v) is 30.1. The van der Waals surface area contributed by atoms with Crippen LogP contribution in [0.25, 0.3) is 16.6 Å². The molecular weight excluding hydrogens is 613 g/mol. The maximum atomic E-state index is 4.94. The highest BCUT2D eigenvalue weighted by Gasteiger charge is 2.27. The Hall–Kier alpha value is -5.12. The molecule has 3 N–H and O–H groups in total. The van der Waals surface area contributed by atoms with Gasteiger partial charge in [-0.2, -0.15) is 0 Å². The molecule has 0 fully saturated rings. The number of benzene rings is 3. The van der Waals surface area contributed by atoms with E-state index in [2.05, 4.69) is 151 Å². The van der Waals surface area contributed by atoms with Gasteiger partial charge in [-0.15, -0.1) is 11.5 Å². The van der Waals surface area contributed by atoms with Crippen LogP contribution in [0, 0.1) is 11.8 Å². The summed E-state index contributed by atoms with van der Waals surface area (Å²) < 4.78 is 0. The minimum Gasteiger partial charge on any atom is -0.377 e. The van der Waals surface area contributed by atoms with E-state index in [9.17, 15) is 0 Å². The molecule has 6 nitrogen and oxygen atoms in total. The molecule has 2 heterocycles. The average Bonchev–Trinajstić information content (AvgIpc) is 3.67. The van der Waals surface area contributed by atoms with Gasteiger partial charge in [0.15, 0.2) is 0 Å². The Bertz CT molecular complexity index is 1870. The summed E-state index contributed by atoms with van der Waals surface area (Å²) in [7, 11) is 0. The molecule has 0 radical (unpaired) electrons. The molecule has 0 spiro atoms. The first-order chi connectivity index (χ1) is 24.3. The molecule has 2 aromatic heterocycles. The number of imidazole rings is 1. The van der Waals surface area contributed by atoms with Crippen LogP contribution in [0.15, 0.2) is 140 Å². The quantitative estimate of drug-likeness (QED) is 0.0817. The molecule has 0 aliphatic heterocycles. The molecule has 258 valence electrons. The Kier molecular flexibility index (Phi) is 13.0. The van der Waals surface area contributed by atoms with Crippen LogP contribution >= 0.6 is 0 Å². The predicted molar refractivity (Wildman–Crippen MR) is 208 cm³/mol. The van der Waals surface area contributed by atoms with Gasteiger partial charge < -0.3 is 15.6 Å². The largest absolute Gasteiger partial charge is 0.377 e. The van der Waals surface area contributed by atoms with Gasteiger partial charge in [0.25, 0.3) is 0 Å². The molecular formula is C44H52N6. The van der Waals surface area contributed by atoms with Crippen LogP contribution in [0.5, 0.6) is 0 Å². The molecule has 50 heavy (non-hydrogen) atoms. The number of para-hydroxylation sites is 1. The third kappa shape index (κ3) is 9.96. The predicted octanol–water partition coefficient (Wildman–Crippen LogP) is 8.90. The summed E-state index contributed by atoms with van der Waals surface area (Å²) in [6.07, 6.45) is 6.21. The summed E-state index contributed by atoms with van der Waals surface area (Å²) >= 11 is 0. The van der Waals surface area contributed by atoms with Gasteiger partial charge in [0.05, 0.1) is 29.3 Å². The van der Waals surface area contributed by atoms with Crippen LogP contribution < -0.4 is 10.6 Å². The van der Waals surface area contributed by atoms with E-state index >= 15 is 0 Å². The summed E-state index contributed by atoms with van der Waals surface area (Å²) in [6, 6.07) is 34.0. The van der Waals surface area contributed by atoms with Crippen molar-refractivity contribution in [3.05, 3.63) is 162 Å². The van der Waals surface area contributed by atoms with Crippen molar-refractivity contribution in [3.63, 3.8) is 0 Å². The fraction of sp³-hybridized carbons (Fsp3) is 0.318. The highest BCUT2D eigenvalue weighted by molar-refractivity contribution is 5.80. The zero-order valence-electron chi connectivity index (χ0n) is 30.1. The topological polar surface area (TPSA) is 68.9 Å². The molecule has 0 aliphatic rings. The number of H-pyrrole nitrogens is 1. The Labute approximate surface area is 298 Å². The van der Waals surface area contributed by atoms with Crippen LogP contribution in [-0.4, -0.2) is 45.0 Å². The molecule has 5 aromatic rings. The van der Waals surface area contributed by atoms with Crippen molar-refractivity contribution in [2.75, 3.05) is 13.1 Å². The molecule has 0 unspecified atom stereocenters. The third-order valence-electron chi connectivity index (χ3n) is 9.54. The Morgan fingerprint density at radius 3 is 2.22 bits per heavy atom.